The summed E-state index contributed by atoms with van der Waals surface area (Å²) in [7, 11) is 0. The highest BCUT2D eigenvalue weighted by Crippen LogP contribution is 2.38. The van der Waals surface area contributed by atoms with Crippen LogP contribution in [0.15, 0.2) is 66.7 Å². The standard InChI is InChI=1S/C26H23ClF6O/c1-2-3-17-6-11-20(12-7-17)21-13-8-18(9-14-21)4-5-19-10-15-23(22(27)16-19)34-26(32,33)24(28)25(29,30)31/h6-16,24H,2-5H2,1H3. The second-order valence-electron chi connectivity index (χ2n) is 7.98. The highest BCUT2D eigenvalue weighted by molar-refractivity contribution is 6.32. The molecular weight excluding hydrogens is 478 g/mol. The van der Waals surface area contributed by atoms with Crippen molar-refractivity contribution in [1.82, 2.24) is 0 Å². The van der Waals surface area contributed by atoms with Gasteiger partial charge < -0.3 is 4.74 Å². The monoisotopic (exact) mass is 500 g/mol. The molecule has 1 nitrogen and oxygen atoms in total. The van der Waals surface area contributed by atoms with Crippen LogP contribution in [-0.2, 0) is 19.3 Å². The molecule has 0 bridgehead atoms. The number of alkyl halides is 6. The van der Waals surface area contributed by atoms with Crippen LogP contribution in [-0.4, -0.2) is 18.5 Å². The number of benzene rings is 3. The van der Waals surface area contributed by atoms with E-state index in [-0.39, 0.29) is 5.02 Å². The van der Waals surface area contributed by atoms with Crippen molar-refractivity contribution in [3.8, 4) is 16.9 Å². The van der Waals surface area contributed by atoms with Crippen LogP contribution in [0.2, 0.25) is 5.02 Å². The second kappa shape index (κ2) is 10.7. The summed E-state index contributed by atoms with van der Waals surface area (Å²) >= 11 is 5.89. The largest absolute Gasteiger partial charge is 0.439 e. The van der Waals surface area contributed by atoms with Crippen molar-refractivity contribution in [2.75, 3.05) is 0 Å². The maximum atomic E-state index is 13.5. The van der Waals surface area contributed by atoms with Crippen molar-refractivity contribution in [2.24, 2.45) is 0 Å². The molecular formula is C26H23ClF6O. The Morgan fingerprint density at radius 1 is 0.735 bits per heavy atom. The van der Waals surface area contributed by atoms with E-state index in [0.29, 0.717) is 18.4 Å². The zero-order valence-corrected chi connectivity index (χ0v) is 19.1. The molecule has 0 aliphatic rings. The van der Waals surface area contributed by atoms with Crippen molar-refractivity contribution >= 4 is 11.6 Å². The van der Waals surface area contributed by atoms with E-state index in [1.807, 2.05) is 24.3 Å². The van der Waals surface area contributed by atoms with Gasteiger partial charge in [-0.25, -0.2) is 4.39 Å². The van der Waals surface area contributed by atoms with Crippen LogP contribution in [0, 0.1) is 0 Å². The van der Waals surface area contributed by atoms with Gasteiger partial charge in [0.1, 0.15) is 5.75 Å². The van der Waals surface area contributed by atoms with Gasteiger partial charge in [0.05, 0.1) is 5.02 Å². The van der Waals surface area contributed by atoms with Crippen LogP contribution >= 0.6 is 11.6 Å². The third-order valence-corrected chi connectivity index (χ3v) is 5.60. The van der Waals surface area contributed by atoms with Gasteiger partial charge in [0.15, 0.2) is 0 Å². The molecule has 0 fully saturated rings. The van der Waals surface area contributed by atoms with Gasteiger partial charge in [0.25, 0.3) is 6.17 Å². The van der Waals surface area contributed by atoms with Crippen molar-refractivity contribution in [3.05, 3.63) is 88.4 Å². The zero-order valence-electron chi connectivity index (χ0n) is 18.3. The number of hydrogen-bond acceptors (Lipinski definition) is 1. The molecule has 182 valence electrons. The minimum absolute atomic E-state index is 0.326. The highest BCUT2D eigenvalue weighted by atomic mass is 35.5. The van der Waals surface area contributed by atoms with Gasteiger partial charge in [-0.2, -0.15) is 22.0 Å². The minimum atomic E-state index is -5.76. The lowest BCUT2D eigenvalue weighted by Gasteiger charge is -2.23. The fourth-order valence-electron chi connectivity index (χ4n) is 3.48. The molecule has 3 rings (SSSR count). The molecule has 0 radical (unpaired) electrons. The quantitative estimate of drug-likeness (QED) is 0.267. The smallest absolute Gasteiger partial charge is 0.429 e. The molecule has 0 aliphatic carbocycles. The van der Waals surface area contributed by atoms with Gasteiger partial charge in [-0.05, 0) is 59.2 Å². The van der Waals surface area contributed by atoms with Crippen molar-refractivity contribution in [1.29, 1.82) is 0 Å². The third-order valence-electron chi connectivity index (χ3n) is 5.31. The average Bonchev–Trinajstić information content (AvgIpc) is 2.79. The lowest BCUT2D eigenvalue weighted by Crippen LogP contribution is -2.45. The number of aryl methyl sites for hydroxylation is 3. The second-order valence-corrected chi connectivity index (χ2v) is 8.38. The number of halogens is 7. The van der Waals surface area contributed by atoms with Crippen LogP contribution in [0.5, 0.6) is 5.75 Å². The van der Waals surface area contributed by atoms with Crippen molar-refractivity contribution in [3.63, 3.8) is 0 Å². The minimum Gasteiger partial charge on any atom is -0.429 e. The normalized spacial score (nSPS) is 13.1. The highest BCUT2D eigenvalue weighted by Gasteiger charge is 2.59. The van der Waals surface area contributed by atoms with E-state index >= 15 is 0 Å². The topological polar surface area (TPSA) is 9.23 Å². The van der Waals surface area contributed by atoms with Crippen LogP contribution in [0.3, 0.4) is 0 Å². The number of rotatable bonds is 9. The molecule has 0 saturated carbocycles. The molecule has 0 heterocycles. The Hall–Kier alpha value is -2.67. The van der Waals surface area contributed by atoms with Gasteiger partial charge in [-0.15, -0.1) is 0 Å². The zero-order chi connectivity index (χ0) is 24.9. The van der Waals surface area contributed by atoms with E-state index in [2.05, 4.69) is 35.9 Å². The maximum Gasteiger partial charge on any atom is 0.439 e. The molecule has 0 saturated heterocycles. The molecule has 3 aromatic carbocycles. The Morgan fingerprint density at radius 2 is 1.21 bits per heavy atom. The van der Waals surface area contributed by atoms with Crippen molar-refractivity contribution in [2.45, 2.75) is 51.1 Å². The van der Waals surface area contributed by atoms with Crippen LogP contribution in [0.1, 0.15) is 30.0 Å². The van der Waals surface area contributed by atoms with Gasteiger partial charge in [0.2, 0.25) is 0 Å². The summed E-state index contributed by atoms with van der Waals surface area (Å²) in [5, 5.41) is -0.326. The summed E-state index contributed by atoms with van der Waals surface area (Å²) in [4.78, 5) is 0. The van der Waals surface area contributed by atoms with Gasteiger partial charge >= 0.3 is 12.3 Å². The third kappa shape index (κ3) is 6.69. The number of hydrogen-bond donors (Lipinski definition) is 0. The summed E-state index contributed by atoms with van der Waals surface area (Å²) < 4.78 is 80.8. The first-order valence-electron chi connectivity index (χ1n) is 10.7. The van der Waals surface area contributed by atoms with E-state index in [1.165, 1.54) is 17.7 Å². The number of ether oxygens (including phenoxy) is 1. The molecule has 1 unspecified atom stereocenters. The molecule has 0 aliphatic heterocycles. The Kier molecular flexibility index (Phi) is 8.18. The Morgan fingerprint density at radius 3 is 1.68 bits per heavy atom. The predicted molar refractivity (Wildman–Crippen MR) is 121 cm³/mol. The summed E-state index contributed by atoms with van der Waals surface area (Å²) in [5.41, 5.74) is 5.21. The molecule has 0 amide bonds. The first kappa shape index (κ1) is 25.9. The van der Waals surface area contributed by atoms with Gasteiger partial charge in [0, 0.05) is 0 Å². The fourth-order valence-corrected chi connectivity index (χ4v) is 3.72. The lowest BCUT2D eigenvalue weighted by molar-refractivity contribution is -0.304. The molecule has 34 heavy (non-hydrogen) atoms. The predicted octanol–water partition coefficient (Wildman–Crippen LogP) is 8.62. The molecule has 0 N–H and O–H groups in total. The van der Waals surface area contributed by atoms with E-state index in [9.17, 15) is 26.3 Å². The summed E-state index contributed by atoms with van der Waals surface area (Å²) in [6.45, 7) is 2.14. The lowest BCUT2D eigenvalue weighted by atomic mass is 9.99. The molecule has 0 spiro atoms. The maximum absolute atomic E-state index is 13.5. The van der Waals surface area contributed by atoms with Gasteiger partial charge in [-0.3, -0.25) is 0 Å². The molecule has 8 heteroatoms. The molecule has 0 aromatic heterocycles. The fraction of sp³-hybridized carbons (Fsp3) is 0.308. The molecule has 3 aromatic rings. The van der Waals surface area contributed by atoms with E-state index in [4.69, 9.17) is 11.6 Å². The first-order valence-corrected chi connectivity index (χ1v) is 11.1. The molecule has 1 atom stereocenters. The Bertz CT molecular complexity index is 1080. The summed E-state index contributed by atoms with van der Waals surface area (Å²) in [6.07, 6.45) is -12.0. The van der Waals surface area contributed by atoms with Crippen LogP contribution in [0.25, 0.3) is 11.1 Å². The summed E-state index contributed by atoms with van der Waals surface area (Å²) in [6, 6.07) is 20.2. The van der Waals surface area contributed by atoms with E-state index in [0.717, 1.165) is 35.6 Å². The van der Waals surface area contributed by atoms with Crippen molar-refractivity contribution < 1.29 is 31.1 Å². The van der Waals surface area contributed by atoms with E-state index < -0.39 is 24.2 Å². The van der Waals surface area contributed by atoms with Gasteiger partial charge in [-0.1, -0.05) is 79.5 Å². The van der Waals surface area contributed by atoms with E-state index in [1.54, 1.807) is 0 Å². The Balaban J connectivity index is 1.61. The average molecular weight is 501 g/mol. The SMILES string of the molecule is CCCc1ccc(-c2ccc(CCc3ccc(OC(F)(F)C(F)C(F)(F)F)c(Cl)c3)cc2)cc1. The van der Waals surface area contributed by atoms with Crippen LogP contribution in [0.4, 0.5) is 26.3 Å². The summed E-state index contributed by atoms with van der Waals surface area (Å²) in [5.74, 6) is -0.725. The van der Waals surface area contributed by atoms with Crippen LogP contribution < -0.4 is 4.74 Å². The Labute approximate surface area is 199 Å². The first-order chi connectivity index (χ1) is 16.0.